The average molecular weight is 541 g/mol. The zero-order chi connectivity index (χ0) is 27.3. The Morgan fingerprint density at radius 3 is 2.17 bits per heavy atom. The third kappa shape index (κ3) is 7.41. The van der Waals surface area contributed by atoms with E-state index < -0.39 is 46.0 Å². The molecule has 0 heterocycles. The fourth-order valence-electron chi connectivity index (χ4n) is 3.54. The molecule has 1 N–H and O–H groups in total. The van der Waals surface area contributed by atoms with Gasteiger partial charge >= 0.3 is 10.2 Å². The van der Waals surface area contributed by atoms with Crippen LogP contribution in [0.3, 0.4) is 0 Å². The first-order chi connectivity index (χ1) is 16.7. The molecule has 0 saturated heterocycles. The quantitative estimate of drug-likeness (QED) is 0.496. The molecule has 0 unspecified atom stereocenters. The standard InChI is InChI=1S/C25H34ClFN4O4S/c1-7-21(24(33)28-25(2,3)4)30(16-18-12-8-9-13-19(18)26)23(32)17-31(36(34,35)29(5)6)22-15-11-10-14-20(22)27/h8-15,21H,7,16-17H2,1-6H3,(H,28,33)/t21-/m1/s1. The van der Waals surface area contributed by atoms with Crippen LogP contribution >= 0.6 is 11.6 Å². The van der Waals surface area contributed by atoms with Crippen LogP contribution in [0.1, 0.15) is 39.7 Å². The van der Waals surface area contributed by atoms with Crippen molar-refractivity contribution in [1.82, 2.24) is 14.5 Å². The van der Waals surface area contributed by atoms with Crippen molar-refractivity contribution >= 4 is 39.3 Å². The van der Waals surface area contributed by atoms with Gasteiger partial charge in [0.15, 0.2) is 0 Å². The van der Waals surface area contributed by atoms with Gasteiger partial charge in [0.05, 0.1) is 5.69 Å². The lowest BCUT2D eigenvalue weighted by atomic mass is 10.1. The van der Waals surface area contributed by atoms with Crippen molar-refractivity contribution in [3.05, 3.63) is 64.9 Å². The number of rotatable bonds is 10. The summed E-state index contributed by atoms with van der Waals surface area (Å²) >= 11 is 6.34. The van der Waals surface area contributed by atoms with E-state index in [-0.39, 0.29) is 18.7 Å². The fourth-order valence-corrected chi connectivity index (χ4v) is 4.80. The van der Waals surface area contributed by atoms with E-state index in [0.29, 0.717) is 14.9 Å². The summed E-state index contributed by atoms with van der Waals surface area (Å²) in [5.41, 5.74) is -0.247. The number of benzene rings is 2. The number of para-hydroxylation sites is 1. The largest absolute Gasteiger partial charge is 0.350 e. The maximum Gasteiger partial charge on any atom is 0.304 e. The molecular weight excluding hydrogens is 507 g/mol. The van der Waals surface area contributed by atoms with Crippen LogP contribution in [0.4, 0.5) is 10.1 Å². The van der Waals surface area contributed by atoms with Crippen LogP contribution < -0.4 is 9.62 Å². The molecule has 2 aromatic rings. The Balaban J connectivity index is 2.56. The van der Waals surface area contributed by atoms with E-state index in [1.165, 1.54) is 37.2 Å². The predicted molar refractivity (Wildman–Crippen MR) is 140 cm³/mol. The van der Waals surface area contributed by atoms with Crippen LogP contribution in [0.15, 0.2) is 48.5 Å². The lowest BCUT2D eigenvalue weighted by Gasteiger charge is -2.35. The molecule has 36 heavy (non-hydrogen) atoms. The minimum Gasteiger partial charge on any atom is -0.350 e. The molecule has 198 valence electrons. The van der Waals surface area contributed by atoms with Gasteiger partial charge in [0.1, 0.15) is 18.4 Å². The second-order valence-corrected chi connectivity index (χ2v) is 12.0. The molecule has 0 saturated carbocycles. The van der Waals surface area contributed by atoms with Crippen molar-refractivity contribution in [2.45, 2.75) is 52.2 Å². The molecule has 2 amide bonds. The van der Waals surface area contributed by atoms with Gasteiger partial charge in [-0.1, -0.05) is 48.9 Å². The predicted octanol–water partition coefficient (Wildman–Crippen LogP) is 3.81. The van der Waals surface area contributed by atoms with E-state index in [2.05, 4.69) is 5.32 Å². The van der Waals surface area contributed by atoms with Gasteiger partial charge in [-0.15, -0.1) is 0 Å². The lowest BCUT2D eigenvalue weighted by Crippen LogP contribution is -2.55. The molecule has 11 heteroatoms. The summed E-state index contributed by atoms with van der Waals surface area (Å²) in [6.07, 6.45) is 0.262. The molecule has 0 aliphatic heterocycles. The summed E-state index contributed by atoms with van der Waals surface area (Å²) in [5.74, 6) is -1.87. The maximum absolute atomic E-state index is 14.7. The Morgan fingerprint density at radius 2 is 1.64 bits per heavy atom. The smallest absolute Gasteiger partial charge is 0.304 e. The summed E-state index contributed by atoms with van der Waals surface area (Å²) in [5, 5.41) is 3.28. The number of nitrogens with one attached hydrogen (secondary N) is 1. The van der Waals surface area contributed by atoms with Crippen molar-refractivity contribution in [1.29, 1.82) is 0 Å². The molecule has 8 nitrogen and oxygen atoms in total. The number of hydrogen-bond acceptors (Lipinski definition) is 4. The Bertz CT molecular complexity index is 1180. The zero-order valence-corrected chi connectivity index (χ0v) is 23.0. The Labute approximate surface area is 218 Å². The van der Waals surface area contributed by atoms with Gasteiger partial charge in [-0.05, 0) is 51.0 Å². The number of anilines is 1. The van der Waals surface area contributed by atoms with Crippen molar-refractivity contribution in [2.24, 2.45) is 0 Å². The van der Waals surface area contributed by atoms with Crippen molar-refractivity contribution in [3.8, 4) is 0 Å². The molecule has 0 aliphatic rings. The van der Waals surface area contributed by atoms with Gasteiger partial charge in [-0.25, -0.2) is 8.70 Å². The summed E-state index contributed by atoms with van der Waals surface area (Å²) < 4.78 is 42.6. The summed E-state index contributed by atoms with van der Waals surface area (Å²) in [4.78, 5) is 28.2. The van der Waals surface area contributed by atoms with Crippen molar-refractivity contribution in [2.75, 3.05) is 24.9 Å². The molecule has 0 aliphatic carbocycles. The van der Waals surface area contributed by atoms with Gasteiger partial charge < -0.3 is 10.2 Å². The van der Waals surface area contributed by atoms with E-state index in [4.69, 9.17) is 11.6 Å². The van der Waals surface area contributed by atoms with E-state index >= 15 is 0 Å². The number of carbonyl (C=O) groups is 2. The highest BCUT2D eigenvalue weighted by atomic mass is 35.5. The third-order valence-corrected chi connectivity index (χ3v) is 7.50. The normalized spacial score (nSPS) is 12.8. The third-order valence-electron chi connectivity index (χ3n) is 5.32. The van der Waals surface area contributed by atoms with E-state index in [1.807, 2.05) is 20.8 Å². The van der Waals surface area contributed by atoms with Crippen molar-refractivity contribution < 1.29 is 22.4 Å². The van der Waals surface area contributed by atoms with Gasteiger partial charge in [-0.3, -0.25) is 9.59 Å². The number of amides is 2. The van der Waals surface area contributed by atoms with Gasteiger partial charge in [-0.2, -0.15) is 12.7 Å². The molecule has 2 aromatic carbocycles. The number of hydrogen-bond donors (Lipinski definition) is 1. The SMILES string of the molecule is CC[C@H](C(=O)NC(C)(C)C)N(Cc1ccccc1Cl)C(=O)CN(c1ccccc1F)S(=O)(=O)N(C)C. The Kier molecular flexibility index (Phi) is 9.87. The Hall–Kier alpha value is -2.69. The first kappa shape index (κ1) is 29.5. The van der Waals surface area contributed by atoms with E-state index in [0.717, 1.165) is 10.4 Å². The number of nitrogens with zero attached hydrogens (tertiary/aromatic N) is 3. The second-order valence-electron chi connectivity index (χ2n) is 9.52. The van der Waals surface area contributed by atoms with Crippen LogP contribution in [-0.2, 0) is 26.3 Å². The van der Waals surface area contributed by atoms with Gasteiger partial charge in [0.2, 0.25) is 11.8 Å². The van der Waals surface area contributed by atoms with Crippen molar-refractivity contribution in [3.63, 3.8) is 0 Å². The number of carbonyl (C=O) groups excluding carboxylic acids is 2. The summed E-state index contributed by atoms with van der Waals surface area (Å²) in [6.45, 7) is 6.46. The molecular formula is C25H34ClFN4O4S. The first-order valence-corrected chi connectivity index (χ1v) is 13.3. The topological polar surface area (TPSA) is 90.0 Å². The second kappa shape index (κ2) is 12.0. The average Bonchev–Trinajstić information content (AvgIpc) is 2.77. The van der Waals surface area contributed by atoms with Crippen LogP contribution in [0.5, 0.6) is 0 Å². The van der Waals surface area contributed by atoms with E-state index in [9.17, 15) is 22.4 Å². The number of halogens is 2. The summed E-state index contributed by atoms with van der Waals surface area (Å²) in [6, 6.07) is 11.3. The highest BCUT2D eigenvalue weighted by molar-refractivity contribution is 7.90. The summed E-state index contributed by atoms with van der Waals surface area (Å²) in [7, 11) is -1.67. The fraction of sp³-hybridized carbons (Fsp3) is 0.440. The highest BCUT2D eigenvalue weighted by Gasteiger charge is 2.35. The molecule has 1 atom stereocenters. The zero-order valence-electron chi connectivity index (χ0n) is 21.5. The maximum atomic E-state index is 14.7. The van der Waals surface area contributed by atoms with Gasteiger partial charge in [0.25, 0.3) is 0 Å². The van der Waals surface area contributed by atoms with Crippen LogP contribution in [-0.4, -0.2) is 61.7 Å². The minimum atomic E-state index is -4.25. The van der Waals surface area contributed by atoms with Crippen LogP contribution in [0.25, 0.3) is 0 Å². The van der Waals surface area contributed by atoms with Crippen LogP contribution in [0, 0.1) is 5.82 Å². The Morgan fingerprint density at radius 1 is 1.06 bits per heavy atom. The molecule has 0 radical (unpaired) electrons. The molecule has 0 spiro atoms. The molecule has 2 rings (SSSR count). The lowest BCUT2D eigenvalue weighted by molar-refractivity contribution is -0.141. The first-order valence-electron chi connectivity index (χ1n) is 11.5. The molecule has 0 bridgehead atoms. The van der Waals surface area contributed by atoms with E-state index in [1.54, 1.807) is 31.2 Å². The minimum absolute atomic E-state index is 0.0400. The van der Waals surface area contributed by atoms with Gasteiger partial charge in [0, 0.05) is 31.2 Å². The van der Waals surface area contributed by atoms with Crippen LogP contribution in [0.2, 0.25) is 5.02 Å². The molecule has 0 fully saturated rings. The molecule has 0 aromatic heterocycles. The highest BCUT2D eigenvalue weighted by Crippen LogP contribution is 2.25. The monoisotopic (exact) mass is 540 g/mol.